The number of hydrogen-bond donors (Lipinski definition) is 1. The number of nitrogens with one attached hydrogen (secondary N) is 1. The number of hydrogen-bond acceptors (Lipinski definition) is 2. The van der Waals surface area contributed by atoms with Crippen LogP contribution in [0.25, 0.3) is 5.69 Å². The molecule has 2 aromatic rings. The smallest absolute Gasteiger partial charge is 0.0648 e. The summed E-state index contributed by atoms with van der Waals surface area (Å²) < 4.78 is 2.00. The van der Waals surface area contributed by atoms with Crippen molar-refractivity contribution in [2.45, 2.75) is 26.3 Å². The van der Waals surface area contributed by atoms with Crippen LogP contribution in [-0.4, -0.2) is 22.4 Å². The van der Waals surface area contributed by atoms with Gasteiger partial charge in [0.05, 0.1) is 5.69 Å². The molecule has 3 nitrogen and oxygen atoms in total. The molecule has 2 rings (SSSR count). The van der Waals surface area contributed by atoms with Crippen molar-refractivity contribution in [3.8, 4) is 5.69 Å². The summed E-state index contributed by atoms with van der Waals surface area (Å²) in [7, 11) is 0. The highest BCUT2D eigenvalue weighted by Gasteiger charge is 2.04. The number of benzene rings is 1. The summed E-state index contributed by atoms with van der Waals surface area (Å²) in [6.45, 7) is 5.30. The summed E-state index contributed by atoms with van der Waals surface area (Å²) >= 11 is 0. The van der Waals surface area contributed by atoms with E-state index in [0.717, 1.165) is 18.7 Å². The predicted molar refractivity (Wildman–Crippen MR) is 70.4 cm³/mol. The number of aromatic nitrogens is 2. The van der Waals surface area contributed by atoms with Crippen LogP contribution in [0.15, 0.2) is 42.6 Å². The second-order valence-electron chi connectivity index (χ2n) is 4.43. The van der Waals surface area contributed by atoms with Crippen LogP contribution in [0, 0.1) is 0 Å². The maximum absolute atomic E-state index is 4.37. The summed E-state index contributed by atoms with van der Waals surface area (Å²) in [5, 5.41) is 7.79. The Morgan fingerprint density at radius 2 is 1.94 bits per heavy atom. The summed E-state index contributed by atoms with van der Waals surface area (Å²) in [4.78, 5) is 0. The van der Waals surface area contributed by atoms with E-state index in [1.807, 2.05) is 29.1 Å². The van der Waals surface area contributed by atoms with Crippen LogP contribution in [0.3, 0.4) is 0 Å². The van der Waals surface area contributed by atoms with E-state index < -0.39 is 0 Å². The SMILES string of the molecule is CC(C)NCCc1ccnn1-c1ccccc1. The van der Waals surface area contributed by atoms with E-state index in [1.165, 1.54) is 5.69 Å². The molecular formula is C14H19N3. The van der Waals surface area contributed by atoms with Crippen LogP contribution in [0.4, 0.5) is 0 Å². The van der Waals surface area contributed by atoms with Gasteiger partial charge in [-0.2, -0.15) is 5.10 Å². The van der Waals surface area contributed by atoms with Crippen molar-refractivity contribution in [3.63, 3.8) is 0 Å². The van der Waals surface area contributed by atoms with E-state index in [0.29, 0.717) is 6.04 Å². The Morgan fingerprint density at radius 3 is 2.65 bits per heavy atom. The molecule has 0 aliphatic carbocycles. The molecule has 0 radical (unpaired) electrons. The van der Waals surface area contributed by atoms with Crippen LogP contribution in [0.1, 0.15) is 19.5 Å². The first-order valence-corrected chi connectivity index (χ1v) is 6.09. The molecule has 0 unspecified atom stereocenters. The van der Waals surface area contributed by atoms with Crippen molar-refractivity contribution in [1.29, 1.82) is 0 Å². The minimum Gasteiger partial charge on any atom is -0.314 e. The predicted octanol–water partition coefficient (Wildman–Crippen LogP) is 2.41. The van der Waals surface area contributed by atoms with Gasteiger partial charge in [0.2, 0.25) is 0 Å². The zero-order chi connectivity index (χ0) is 12.1. The third-order valence-corrected chi connectivity index (χ3v) is 2.66. The summed E-state index contributed by atoms with van der Waals surface area (Å²) in [6, 6.07) is 12.9. The molecule has 90 valence electrons. The highest BCUT2D eigenvalue weighted by molar-refractivity contribution is 5.32. The Balaban J connectivity index is 2.07. The number of nitrogens with zero attached hydrogens (tertiary/aromatic N) is 2. The van der Waals surface area contributed by atoms with Crippen molar-refractivity contribution < 1.29 is 0 Å². The highest BCUT2D eigenvalue weighted by atomic mass is 15.3. The van der Waals surface area contributed by atoms with Crippen LogP contribution in [0.2, 0.25) is 0 Å². The van der Waals surface area contributed by atoms with Crippen molar-refractivity contribution in [1.82, 2.24) is 15.1 Å². The lowest BCUT2D eigenvalue weighted by Crippen LogP contribution is -2.25. The van der Waals surface area contributed by atoms with E-state index in [9.17, 15) is 0 Å². The summed E-state index contributed by atoms with van der Waals surface area (Å²) in [5.41, 5.74) is 2.36. The molecule has 1 heterocycles. The summed E-state index contributed by atoms with van der Waals surface area (Å²) in [5.74, 6) is 0. The molecule has 0 bridgehead atoms. The second kappa shape index (κ2) is 5.64. The maximum atomic E-state index is 4.37. The lowest BCUT2D eigenvalue weighted by molar-refractivity contribution is 0.582. The molecule has 0 aliphatic rings. The summed E-state index contributed by atoms with van der Waals surface area (Å²) in [6.07, 6.45) is 2.85. The van der Waals surface area contributed by atoms with Gasteiger partial charge in [-0.25, -0.2) is 4.68 Å². The van der Waals surface area contributed by atoms with Gasteiger partial charge in [0, 0.05) is 30.9 Å². The molecule has 0 saturated heterocycles. The van der Waals surface area contributed by atoms with Gasteiger partial charge in [0.15, 0.2) is 0 Å². The highest BCUT2D eigenvalue weighted by Crippen LogP contribution is 2.09. The van der Waals surface area contributed by atoms with E-state index in [-0.39, 0.29) is 0 Å². The molecule has 1 N–H and O–H groups in total. The van der Waals surface area contributed by atoms with E-state index in [1.54, 1.807) is 0 Å². The van der Waals surface area contributed by atoms with E-state index in [4.69, 9.17) is 0 Å². The van der Waals surface area contributed by atoms with Crippen molar-refractivity contribution >= 4 is 0 Å². The Hall–Kier alpha value is -1.61. The fraction of sp³-hybridized carbons (Fsp3) is 0.357. The fourth-order valence-corrected chi connectivity index (χ4v) is 1.81. The van der Waals surface area contributed by atoms with Gasteiger partial charge in [0.1, 0.15) is 0 Å². The third-order valence-electron chi connectivity index (χ3n) is 2.66. The van der Waals surface area contributed by atoms with Gasteiger partial charge in [-0.1, -0.05) is 32.0 Å². The monoisotopic (exact) mass is 229 g/mol. The lowest BCUT2D eigenvalue weighted by Gasteiger charge is -2.10. The molecule has 17 heavy (non-hydrogen) atoms. The first kappa shape index (κ1) is 11.9. The molecule has 0 atom stereocenters. The molecule has 3 heteroatoms. The average Bonchev–Trinajstić information content (AvgIpc) is 2.78. The third kappa shape index (κ3) is 3.17. The van der Waals surface area contributed by atoms with E-state index in [2.05, 4.69) is 42.5 Å². The standard InChI is InChI=1S/C14H19N3/c1-12(2)15-10-8-14-9-11-16-17(14)13-6-4-3-5-7-13/h3-7,9,11-12,15H,8,10H2,1-2H3. The lowest BCUT2D eigenvalue weighted by atomic mass is 10.2. The minimum absolute atomic E-state index is 0.531. The molecular weight excluding hydrogens is 210 g/mol. The molecule has 0 saturated carbocycles. The largest absolute Gasteiger partial charge is 0.314 e. The van der Waals surface area contributed by atoms with Gasteiger partial charge in [-0.05, 0) is 18.2 Å². The number of para-hydroxylation sites is 1. The second-order valence-corrected chi connectivity index (χ2v) is 4.43. The Morgan fingerprint density at radius 1 is 1.18 bits per heavy atom. The Bertz CT molecular complexity index is 446. The van der Waals surface area contributed by atoms with Gasteiger partial charge in [-0.15, -0.1) is 0 Å². The van der Waals surface area contributed by atoms with Crippen LogP contribution in [-0.2, 0) is 6.42 Å². The zero-order valence-corrected chi connectivity index (χ0v) is 10.4. The van der Waals surface area contributed by atoms with Crippen molar-refractivity contribution in [3.05, 3.63) is 48.3 Å². The normalized spacial score (nSPS) is 11.0. The van der Waals surface area contributed by atoms with E-state index >= 15 is 0 Å². The quantitative estimate of drug-likeness (QED) is 0.853. The Labute approximate surface area is 102 Å². The maximum Gasteiger partial charge on any atom is 0.0648 e. The topological polar surface area (TPSA) is 29.9 Å². The molecule has 0 fully saturated rings. The number of rotatable bonds is 5. The molecule has 0 spiro atoms. The molecule has 0 amide bonds. The van der Waals surface area contributed by atoms with Crippen molar-refractivity contribution in [2.24, 2.45) is 0 Å². The first-order valence-electron chi connectivity index (χ1n) is 6.09. The molecule has 0 aliphatic heterocycles. The fourth-order valence-electron chi connectivity index (χ4n) is 1.81. The average molecular weight is 229 g/mol. The van der Waals surface area contributed by atoms with Crippen LogP contribution >= 0.6 is 0 Å². The van der Waals surface area contributed by atoms with Gasteiger partial charge < -0.3 is 5.32 Å². The molecule has 1 aromatic carbocycles. The van der Waals surface area contributed by atoms with Crippen LogP contribution in [0.5, 0.6) is 0 Å². The Kier molecular flexibility index (Phi) is 3.94. The van der Waals surface area contributed by atoms with Gasteiger partial charge in [-0.3, -0.25) is 0 Å². The minimum atomic E-state index is 0.531. The molecule has 1 aromatic heterocycles. The van der Waals surface area contributed by atoms with Gasteiger partial charge >= 0.3 is 0 Å². The van der Waals surface area contributed by atoms with Crippen LogP contribution < -0.4 is 5.32 Å². The first-order chi connectivity index (χ1) is 8.27. The zero-order valence-electron chi connectivity index (χ0n) is 10.4. The van der Waals surface area contributed by atoms with Gasteiger partial charge in [0.25, 0.3) is 0 Å². The van der Waals surface area contributed by atoms with Crippen molar-refractivity contribution in [2.75, 3.05) is 6.54 Å².